The van der Waals surface area contributed by atoms with Crippen LogP contribution in [0.3, 0.4) is 0 Å². The summed E-state index contributed by atoms with van der Waals surface area (Å²) in [6.45, 7) is -0.172. The highest BCUT2D eigenvalue weighted by atomic mass is 79.9. The van der Waals surface area contributed by atoms with Crippen molar-refractivity contribution in [1.29, 1.82) is 0 Å². The Balaban J connectivity index is 2.01. The Hall–Kier alpha value is -2.21. The van der Waals surface area contributed by atoms with Gasteiger partial charge in [0.05, 0.1) is 17.8 Å². The highest BCUT2D eigenvalue weighted by molar-refractivity contribution is 9.10. The van der Waals surface area contributed by atoms with Gasteiger partial charge in [0.25, 0.3) is 5.91 Å². The minimum atomic E-state index is -0.606. The van der Waals surface area contributed by atoms with E-state index in [0.29, 0.717) is 5.69 Å². The highest BCUT2D eigenvalue weighted by Gasteiger charge is 2.18. The molecule has 2 aromatic rings. The van der Waals surface area contributed by atoms with Gasteiger partial charge in [-0.3, -0.25) is 9.59 Å². The van der Waals surface area contributed by atoms with E-state index < -0.39 is 11.7 Å². The van der Waals surface area contributed by atoms with Gasteiger partial charge >= 0.3 is 0 Å². The van der Waals surface area contributed by atoms with Gasteiger partial charge in [0.1, 0.15) is 5.82 Å². The Kier molecular flexibility index (Phi) is 5.27. The second-order valence-electron chi connectivity index (χ2n) is 4.67. The molecule has 22 heavy (non-hydrogen) atoms. The molecule has 0 heterocycles. The molecule has 0 aromatic heterocycles. The summed E-state index contributed by atoms with van der Waals surface area (Å²) < 4.78 is 14.3. The van der Waals surface area contributed by atoms with Crippen molar-refractivity contribution >= 4 is 33.4 Å². The van der Waals surface area contributed by atoms with E-state index in [-0.39, 0.29) is 18.0 Å². The number of carbonyl (C=O) groups is 2. The van der Waals surface area contributed by atoms with E-state index in [4.69, 9.17) is 0 Å². The van der Waals surface area contributed by atoms with E-state index in [2.05, 4.69) is 21.2 Å². The fraction of sp³-hybridized carbons (Fsp3) is 0.125. The predicted octanol–water partition coefficient (Wildman–Crippen LogP) is 3.30. The van der Waals surface area contributed by atoms with Crippen molar-refractivity contribution in [1.82, 2.24) is 4.90 Å². The van der Waals surface area contributed by atoms with E-state index >= 15 is 0 Å². The minimum absolute atomic E-state index is 0.0568. The van der Waals surface area contributed by atoms with Crippen LogP contribution in [-0.2, 0) is 4.79 Å². The van der Waals surface area contributed by atoms with Gasteiger partial charge in [-0.15, -0.1) is 0 Å². The van der Waals surface area contributed by atoms with Crippen molar-refractivity contribution in [2.45, 2.75) is 0 Å². The van der Waals surface area contributed by atoms with Crippen LogP contribution in [0.1, 0.15) is 10.4 Å². The Morgan fingerprint density at radius 3 is 2.45 bits per heavy atom. The molecule has 0 aliphatic heterocycles. The lowest BCUT2D eigenvalue weighted by Crippen LogP contribution is -2.35. The molecule has 2 rings (SSSR count). The van der Waals surface area contributed by atoms with Crippen molar-refractivity contribution in [3.05, 3.63) is 64.4 Å². The van der Waals surface area contributed by atoms with Crippen LogP contribution in [0.25, 0.3) is 0 Å². The maximum Gasteiger partial charge on any atom is 0.257 e. The molecule has 0 spiro atoms. The SMILES string of the molecule is CN(CC(=O)Nc1ccccc1Br)C(=O)c1ccccc1F. The summed E-state index contributed by atoms with van der Waals surface area (Å²) >= 11 is 3.32. The summed E-state index contributed by atoms with van der Waals surface area (Å²) in [5.74, 6) is -1.51. The van der Waals surface area contributed by atoms with Crippen molar-refractivity contribution < 1.29 is 14.0 Å². The number of nitrogens with one attached hydrogen (secondary N) is 1. The lowest BCUT2D eigenvalue weighted by Gasteiger charge is -2.17. The summed E-state index contributed by atoms with van der Waals surface area (Å²) in [5.41, 5.74) is 0.554. The van der Waals surface area contributed by atoms with Gasteiger partial charge in [-0.05, 0) is 40.2 Å². The molecule has 2 amide bonds. The maximum atomic E-state index is 13.6. The number of rotatable bonds is 4. The standard InChI is InChI=1S/C16H14BrFN2O2/c1-20(16(22)11-6-2-4-8-13(11)18)10-15(21)19-14-9-5-3-7-12(14)17/h2-9H,10H2,1H3,(H,19,21). The monoisotopic (exact) mass is 364 g/mol. The van der Waals surface area contributed by atoms with Crippen LogP contribution in [0.5, 0.6) is 0 Å². The van der Waals surface area contributed by atoms with Crippen molar-refractivity contribution in [3.8, 4) is 0 Å². The molecule has 0 atom stereocenters. The molecule has 0 radical (unpaired) electrons. The lowest BCUT2D eigenvalue weighted by atomic mass is 10.2. The van der Waals surface area contributed by atoms with Crippen molar-refractivity contribution in [2.24, 2.45) is 0 Å². The van der Waals surface area contributed by atoms with Crippen LogP contribution in [0, 0.1) is 5.82 Å². The molecule has 1 N–H and O–H groups in total. The van der Waals surface area contributed by atoms with Gasteiger partial charge in [0.15, 0.2) is 0 Å². The number of carbonyl (C=O) groups excluding carboxylic acids is 2. The largest absolute Gasteiger partial charge is 0.332 e. The number of likely N-dealkylation sites (N-methyl/N-ethyl adjacent to an activating group) is 1. The van der Waals surface area contributed by atoms with Gasteiger partial charge in [-0.2, -0.15) is 0 Å². The van der Waals surface area contributed by atoms with E-state index in [1.165, 1.54) is 30.1 Å². The molecule has 0 unspecified atom stereocenters. The summed E-state index contributed by atoms with van der Waals surface area (Å²) in [7, 11) is 1.45. The second kappa shape index (κ2) is 7.17. The third kappa shape index (κ3) is 3.92. The first kappa shape index (κ1) is 16.2. The Labute approximate surface area is 136 Å². The smallest absolute Gasteiger partial charge is 0.257 e. The lowest BCUT2D eigenvalue weighted by molar-refractivity contribution is -0.116. The third-order valence-electron chi connectivity index (χ3n) is 2.98. The zero-order chi connectivity index (χ0) is 16.1. The summed E-state index contributed by atoms with van der Waals surface area (Å²) in [4.78, 5) is 25.3. The number of halogens is 2. The van der Waals surface area contributed by atoms with Gasteiger partial charge in [-0.1, -0.05) is 24.3 Å². The Morgan fingerprint density at radius 1 is 1.14 bits per heavy atom. The quantitative estimate of drug-likeness (QED) is 0.904. The molecule has 114 valence electrons. The van der Waals surface area contributed by atoms with E-state index in [1.54, 1.807) is 24.3 Å². The van der Waals surface area contributed by atoms with Gasteiger partial charge in [-0.25, -0.2) is 4.39 Å². The van der Waals surface area contributed by atoms with Crippen LogP contribution in [0.4, 0.5) is 10.1 Å². The number of anilines is 1. The summed E-state index contributed by atoms with van der Waals surface area (Å²) in [5, 5.41) is 2.69. The summed E-state index contributed by atoms with van der Waals surface area (Å²) in [6, 6.07) is 12.8. The molecular formula is C16H14BrFN2O2. The van der Waals surface area contributed by atoms with Crippen LogP contribution < -0.4 is 5.32 Å². The fourth-order valence-electron chi connectivity index (χ4n) is 1.88. The number of hydrogen-bond donors (Lipinski definition) is 1. The molecule has 6 heteroatoms. The second-order valence-corrected chi connectivity index (χ2v) is 5.52. The Bertz CT molecular complexity index is 706. The predicted molar refractivity (Wildman–Crippen MR) is 86.1 cm³/mol. The molecule has 2 aromatic carbocycles. The minimum Gasteiger partial charge on any atom is -0.332 e. The Morgan fingerprint density at radius 2 is 1.77 bits per heavy atom. The molecule has 0 bridgehead atoms. The molecule has 4 nitrogen and oxygen atoms in total. The van der Waals surface area contributed by atoms with Crippen molar-refractivity contribution in [3.63, 3.8) is 0 Å². The van der Waals surface area contributed by atoms with Crippen LogP contribution in [0.2, 0.25) is 0 Å². The van der Waals surface area contributed by atoms with Crippen LogP contribution in [-0.4, -0.2) is 30.3 Å². The van der Waals surface area contributed by atoms with E-state index in [1.807, 2.05) is 6.07 Å². The maximum absolute atomic E-state index is 13.6. The molecule has 0 saturated heterocycles. The molecule has 0 aliphatic carbocycles. The van der Waals surface area contributed by atoms with E-state index in [9.17, 15) is 14.0 Å². The third-order valence-corrected chi connectivity index (χ3v) is 3.67. The number of benzene rings is 2. The number of nitrogens with zero attached hydrogens (tertiary/aromatic N) is 1. The van der Waals surface area contributed by atoms with Gasteiger partial charge in [0, 0.05) is 11.5 Å². The number of para-hydroxylation sites is 1. The molecular weight excluding hydrogens is 351 g/mol. The summed E-state index contributed by atoms with van der Waals surface area (Å²) in [6.07, 6.45) is 0. The number of hydrogen-bond acceptors (Lipinski definition) is 2. The van der Waals surface area contributed by atoms with Crippen LogP contribution >= 0.6 is 15.9 Å². The number of amides is 2. The van der Waals surface area contributed by atoms with Crippen LogP contribution in [0.15, 0.2) is 53.0 Å². The first-order chi connectivity index (χ1) is 10.5. The van der Waals surface area contributed by atoms with E-state index in [0.717, 1.165) is 4.47 Å². The molecule has 0 saturated carbocycles. The first-order valence-corrected chi connectivity index (χ1v) is 7.32. The zero-order valence-corrected chi connectivity index (χ0v) is 13.4. The van der Waals surface area contributed by atoms with Crippen molar-refractivity contribution in [2.75, 3.05) is 18.9 Å². The topological polar surface area (TPSA) is 49.4 Å². The molecule has 0 fully saturated rings. The van der Waals surface area contributed by atoms with Gasteiger partial charge < -0.3 is 10.2 Å². The normalized spacial score (nSPS) is 10.1. The fourth-order valence-corrected chi connectivity index (χ4v) is 2.26. The zero-order valence-electron chi connectivity index (χ0n) is 11.8. The molecule has 0 aliphatic rings. The average molecular weight is 365 g/mol. The highest BCUT2D eigenvalue weighted by Crippen LogP contribution is 2.21. The first-order valence-electron chi connectivity index (χ1n) is 6.53. The average Bonchev–Trinajstić information content (AvgIpc) is 2.49. The van der Waals surface area contributed by atoms with Gasteiger partial charge in [0.2, 0.25) is 5.91 Å².